The molecule has 0 bridgehead atoms. The third-order valence-electron chi connectivity index (χ3n) is 3.13. The molecule has 0 aliphatic carbocycles. The molecule has 0 aromatic carbocycles. The Bertz CT molecular complexity index is 620. The molecule has 7 nitrogen and oxygen atoms in total. The van der Waals surface area contributed by atoms with Crippen LogP contribution in [0.2, 0.25) is 0 Å². The largest absolute Gasteiger partial charge is 0.356 e. The van der Waals surface area contributed by atoms with E-state index in [4.69, 9.17) is 4.52 Å². The zero-order valence-electron chi connectivity index (χ0n) is 13.8. The number of rotatable bonds is 6. The maximum absolute atomic E-state index is 5.06. The van der Waals surface area contributed by atoms with Crippen molar-refractivity contribution >= 4 is 41.3 Å². The van der Waals surface area contributed by atoms with Crippen molar-refractivity contribution in [2.24, 2.45) is 4.99 Å². The van der Waals surface area contributed by atoms with Gasteiger partial charge in [-0.1, -0.05) is 5.16 Å². The van der Waals surface area contributed by atoms with Gasteiger partial charge in [0, 0.05) is 37.9 Å². The number of aryl methyl sites for hydroxylation is 3. The number of hydrogen-bond acceptors (Lipinski definition) is 6. The van der Waals surface area contributed by atoms with Crippen LogP contribution in [0.1, 0.15) is 27.3 Å². The minimum atomic E-state index is 0. The van der Waals surface area contributed by atoms with Crippen molar-refractivity contribution in [1.82, 2.24) is 25.8 Å². The summed E-state index contributed by atoms with van der Waals surface area (Å²) in [5, 5.41) is 11.4. The summed E-state index contributed by atoms with van der Waals surface area (Å²) in [6.07, 6.45) is 1.56. The van der Waals surface area contributed by atoms with Gasteiger partial charge in [-0.05, 0) is 20.8 Å². The van der Waals surface area contributed by atoms with Crippen molar-refractivity contribution in [3.63, 3.8) is 0 Å². The summed E-state index contributed by atoms with van der Waals surface area (Å²) in [6, 6.07) is 0. The molecule has 2 aromatic rings. The summed E-state index contributed by atoms with van der Waals surface area (Å²) < 4.78 is 5.06. The van der Waals surface area contributed by atoms with E-state index in [1.165, 1.54) is 4.88 Å². The number of aliphatic imine (C=N–C) groups is 1. The molecule has 9 heteroatoms. The molecule has 0 fully saturated rings. The molecule has 0 unspecified atom stereocenters. The maximum atomic E-state index is 5.06. The van der Waals surface area contributed by atoms with Crippen molar-refractivity contribution in [1.29, 1.82) is 0 Å². The van der Waals surface area contributed by atoms with Crippen molar-refractivity contribution < 1.29 is 4.52 Å². The predicted molar refractivity (Wildman–Crippen MR) is 103 cm³/mol. The van der Waals surface area contributed by atoms with E-state index in [1.807, 2.05) is 13.8 Å². The zero-order chi connectivity index (χ0) is 15.9. The number of nitrogens with zero attached hydrogens (tertiary/aromatic N) is 4. The molecular formula is C14H23IN6OS. The molecule has 128 valence electrons. The Morgan fingerprint density at radius 1 is 1.13 bits per heavy atom. The summed E-state index contributed by atoms with van der Waals surface area (Å²) in [7, 11) is 1.75. The van der Waals surface area contributed by atoms with Gasteiger partial charge in [0.05, 0.1) is 10.7 Å². The van der Waals surface area contributed by atoms with Crippen LogP contribution in [0.25, 0.3) is 0 Å². The van der Waals surface area contributed by atoms with Crippen molar-refractivity contribution in [2.75, 3.05) is 20.1 Å². The fraction of sp³-hybridized carbons (Fsp3) is 0.571. The Morgan fingerprint density at radius 2 is 1.83 bits per heavy atom. The van der Waals surface area contributed by atoms with Crippen LogP contribution in [0.4, 0.5) is 0 Å². The molecule has 0 amide bonds. The van der Waals surface area contributed by atoms with Crippen LogP contribution < -0.4 is 10.6 Å². The Morgan fingerprint density at radius 3 is 2.35 bits per heavy atom. The lowest BCUT2D eigenvalue weighted by atomic mass is 10.4. The van der Waals surface area contributed by atoms with E-state index in [1.54, 1.807) is 18.4 Å². The van der Waals surface area contributed by atoms with Gasteiger partial charge < -0.3 is 15.2 Å². The van der Waals surface area contributed by atoms with Crippen LogP contribution in [0.3, 0.4) is 0 Å². The van der Waals surface area contributed by atoms with Crippen LogP contribution >= 0.6 is 35.3 Å². The molecule has 2 rings (SSSR count). The Kier molecular flexibility index (Phi) is 8.45. The number of thiazole rings is 1. The second-order valence-electron chi connectivity index (χ2n) is 4.91. The standard InChI is InChI=1S/C14H22N6OS.HI/c1-9-10(2)22-13(18-9)6-8-17-14(15-4)16-7-5-12-19-11(3)20-21-12;/h5-8H2,1-4H3,(H2,15,16,17);1H. The van der Waals surface area contributed by atoms with Crippen LogP contribution in [0.5, 0.6) is 0 Å². The van der Waals surface area contributed by atoms with E-state index < -0.39 is 0 Å². The minimum absolute atomic E-state index is 0. The van der Waals surface area contributed by atoms with Gasteiger partial charge in [0.25, 0.3) is 0 Å². The van der Waals surface area contributed by atoms with Gasteiger partial charge >= 0.3 is 0 Å². The summed E-state index contributed by atoms with van der Waals surface area (Å²) in [5.74, 6) is 2.06. The Labute approximate surface area is 157 Å². The van der Waals surface area contributed by atoms with E-state index in [9.17, 15) is 0 Å². The summed E-state index contributed by atoms with van der Waals surface area (Å²) in [5.41, 5.74) is 1.12. The van der Waals surface area contributed by atoms with Gasteiger partial charge in [0.15, 0.2) is 11.8 Å². The SMILES string of the molecule is CN=C(NCCc1nc(C)no1)NCCc1nc(C)c(C)s1.I. The molecule has 0 saturated heterocycles. The van der Waals surface area contributed by atoms with E-state index >= 15 is 0 Å². The van der Waals surface area contributed by atoms with Gasteiger partial charge in [0.1, 0.15) is 0 Å². The smallest absolute Gasteiger partial charge is 0.228 e. The molecule has 0 saturated carbocycles. The van der Waals surface area contributed by atoms with E-state index in [0.29, 0.717) is 24.7 Å². The first-order chi connectivity index (χ1) is 10.6. The number of guanidine groups is 1. The predicted octanol–water partition coefficient (Wildman–Crippen LogP) is 2.02. The van der Waals surface area contributed by atoms with Crippen molar-refractivity contribution in [3.05, 3.63) is 27.3 Å². The highest BCUT2D eigenvalue weighted by Gasteiger charge is 2.05. The molecule has 2 heterocycles. The number of halogens is 1. The third kappa shape index (κ3) is 6.42. The first-order valence-electron chi connectivity index (χ1n) is 7.25. The van der Waals surface area contributed by atoms with Gasteiger partial charge in [-0.25, -0.2) is 4.98 Å². The number of aromatic nitrogens is 3. The lowest BCUT2D eigenvalue weighted by Crippen LogP contribution is -2.39. The van der Waals surface area contributed by atoms with E-state index in [2.05, 4.69) is 37.7 Å². The van der Waals surface area contributed by atoms with Gasteiger partial charge in [-0.3, -0.25) is 4.99 Å². The molecule has 0 atom stereocenters. The molecule has 23 heavy (non-hydrogen) atoms. The Balaban J connectivity index is 0.00000264. The number of nitrogens with one attached hydrogen (secondary N) is 2. The monoisotopic (exact) mass is 450 g/mol. The van der Waals surface area contributed by atoms with Gasteiger partial charge in [-0.2, -0.15) is 4.98 Å². The van der Waals surface area contributed by atoms with Crippen LogP contribution in [0, 0.1) is 20.8 Å². The zero-order valence-corrected chi connectivity index (χ0v) is 17.0. The van der Waals surface area contributed by atoms with Crippen LogP contribution in [-0.4, -0.2) is 41.2 Å². The fourth-order valence-electron chi connectivity index (χ4n) is 1.88. The second kappa shape index (κ2) is 9.81. The molecular weight excluding hydrogens is 427 g/mol. The summed E-state index contributed by atoms with van der Waals surface area (Å²) >= 11 is 1.75. The minimum Gasteiger partial charge on any atom is -0.356 e. The molecule has 2 N–H and O–H groups in total. The normalized spacial score (nSPS) is 11.2. The number of hydrogen-bond donors (Lipinski definition) is 2. The average Bonchev–Trinajstić information content (AvgIpc) is 3.03. The lowest BCUT2D eigenvalue weighted by molar-refractivity contribution is 0.374. The molecule has 0 radical (unpaired) electrons. The molecule has 0 aliphatic heterocycles. The first kappa shape index (κ1) is 19.8. The fourth-order valence-corrected chi connectivity index (χ4v) is 2.82. The van der Waals surface area contributed by atoms with Crippen molar-refractivity contribution in [2.45, 2.75) is 33.6 Å². The Hall–Kier alpha value is -1.23. The maximum Gasteiger partial charge on any atom is 0.228 e. The highest BCUT2D eigenvalue weighted by atomic mass is 127. The average molecular weight is 450 g/mol. The highest BCUT2D eigenvalue weighted by molar-refractivity contribution is 14.0. The van der Waals surface area contributed by atoms with E-state index in [0.717, 1.165) is 29.6 Å². The molecule has 2 aromatic heterocycles. The second-order valence-corrected chi connectivity index (χ2v) is 6.20. The van der Waals surface area contributed by atoms with Crippen LogP contribution in [0.15, 0.2) is 9.52 Å². The topological polar surface area (TPSA) is 88.2 Å². The lowest BCUT2D eigenvalue weighted by Gasteiger charge is -2.10. The summed E-state index contributed by atoms with van der Waals surface area (Å²) in [6.45, 7) is 7.44. The summed E-state index contributed by atoms with van der Waals surface area (Å²) in [4.78, 5) is 14.2. The van der Waals surface area contributed by atoms with Gasteiger partial charge in [0.2, 0.25) is 5.89 Å². The quantitative estimate of drug-likeness (QED) is 0.398. The molecule has 0 aliphatic rings. The van der Waals surface area contributed by atoms with Crippen LogP contribution in [-0.2, 0) is 12.8 Å². The van der Waals surface area contributed by atoms with Crippen molar-refractivity contribution in [3.8, 4) is 0 Å². The highest BCUT2D eigenvalue weighted by Crippen LogP contribution is 2.16. The third-order valence-corrected chi connectivity index (χ3v) is 4.26. The van der Waals surface area contributed by atoms with Gasteiger partial charge in [-0.15, -0.1) is 35.3 Å². The first-order valence-corrected chi connectivity index (χ1v) is 8.06. The van der Waals surface area contributed by atoms with E-state index in [-0.39, 0.29) is 24.0 Å². The molecule has 0 spiro atoms.